The molecule has 7 heteroatoms. The highest BCUT2D eigenvalue weighted by molar-refractivity contribution is 8.00. The van der Waals surface area contributed by atoms with Gasteiger partial charge in [-0.1, -0.05) is 38.5 Å². The van der Waals surface area contributed by atoms with Crippen LogP contribution in [0.1, 0.15) is 40.0 Å². The minimum absolute atomic E-state index is 0.0392. The second-order valence-corrected chi connectivity index (χ2v) is 8.82. The molecule has 0 radical (unpaired) electrons. The Hall–Kier alpha value is -1.89. The van der Waals surface area contributed by atoms with Crippen LogP contribution >= 0.6 is 11.8 Å². The summed E-state index contributed by atoms with van der Waals surface area (Å²) >= 11 is 1.39. The second-order valence-electron chi connectivity index (χ2n) is 7.51. The largest absolute Gasteiger partial charge is 0.352 e. The molecule has 0 aliphatic heterocycles. The van der Waals surface area contributed by atoms with Crippen LogP contribution in [-0.2, 0) is 11.8 Å². The predicted octanol–water partition coefficient (Wildman–Crippen LogP) is 4.04. The van der Waals surface area contributed by atoms with E-state index in [1.165, 1.54) is 36.7 Å². The summed E-state index contributed by atoms with van der Waals surface area (Å²) in [6, 6.07) is 6.41. The van der Waals surface area contributed by atoms with E-state index in [2.05, 4.69) is 29.4 Å². The number of thioether (sulfide) groups is 1. The first-order chi connectivity index (χ1) is 12.9. The molecule has 0 unspecified atom stereocenters. The molecule has 1 aromatic carbocycles. The molecule has 4 atom stereocenters. The quantitative estimate of drug-likeness (QED) is 0.783. The van der Waals surface area contributed by atoms with Crippen LogP contribution in [0.3, 0.4) is 0 Å². The summed E-state index contributed by atoms with van der Waals surface area (Å²) in [6.07, 6.45) is 3.46. The van der Waals surface area contributed by atoms with Crippen molar-refractivity contribution < 1.29 is 9.18 Å². The Labute approximate surface area is 164 Å². The first-order valence-electron chi connectivity index (χ1n) is 9.49. The molecule has 1 aromatic heterocycles. The molecule has 1 amide bonds. The number of rotatable bonds is 5. The predicted molar refractivity (Wildman–Crippen MR) is 106 cm³/mol. The Kier molecular flexibility index (Phi) is 6.19. The van der Waals surface area contributed by atoms with Crippen molar-refractivity contribution in [1.29, 1.82) is 0 Å². The van der Waals surface area contributed by atoms with Gasteiger partial charge in [0, 0.05) is 18.7 Å². The monoisotopic (exact) mass is 390 g/mol. The summed E-state index contributed by atoms with van der Waals surface area (Å²) in [5, 5.41) is 12.0. The molecule has 146 valence electrons. The third kappa shape index (κ3) is 4.51. The fourth-order valence-corrected chi connectivity index (χ4v) is 4.39. The number of aromatic nitrogens is 3. The van der Waals surface area contributed by atoms with E-state index in [1.54, 1.807) is 12.1 Å². The molecular formula is C20H27FN4OS. The maximum absolute atomic E-state index is 13.1. The third-order valence-electron chi connectivity index (χ3n) is 5.62. The number of hydrogen-bond acceptors (Lipinski definition) is 4. The highest BCUT2D eigenvalue weighted by Crippen LogP contribution is 2.30. The van der Waals surface area contributed by atoms with Crippen molar-refractivity contribution in [3.8, 4) is 11.4 Å². The van der Waals surface area contributed by atoms with Crippen LogP contribution in [0.25, 0.3) is 11.4 Å². The van der Waals surface area contributed by atoms with E-state index in [9.17, 15) is 9.18 Å². The van der Waals surface area contributed by atoms with Crippen molar-refractivity contribution in [2.24, 2.45) is 18.9 Å². The Morgan fingerprint density at radius 1 is 1.26 bits per heavy atom. The van der Waals surface area contributed by atoms with Gasteiger partial charge >= 0.3 is 0 Å². The zero-order valence-electron chi connectivity index (χ0n) is 16.3. The van der Waals surface area contributed by atoms with Gasteiger partial charge in [0.2, 0.25) is 5.91 Å². The van der Waals surface area contributed by atoms with Gasteiger partial charge in [-0.3, -0.25) is 4.79 Å². The summed E-state index contributed by atoms with van der Waals surface area (Å²) in [5.74, 6) is 1.55. The molecule has 1 N–H and O–H groups in total. The minimum atomic E-state index is -0.285. The van der Waals surface area contributed by atoms with Gasteiger partial charge in [0.15, 0.2) is 11.0 Å². The Bertz CT molecular complexity index is 792. The third-order valence-corrected chi connectivity index (χ3v) is 6.76. The average molecular weight is 391 g/mol. The molecule has 1 saturated carbocycles. The molecule has 1 aliphatic rings. The molecule has 2 aromatic rings. The van der Waals surface area contributed by atoms with Crippen molar-refractivity contribution in [2.75, 3.05) is 0 Å². The molecule has 1 heterocycles. The van der Waals surface area contributed by atoms with Crippen LogP contribution in [-0.4, -0.2) is 32.0 Å². The van der Waals surface area contributed by atoms with E-state index in [0.29, 0.717) is 22.8 Å². The lowest BCUT2D eigenvalue weighted by molar-refractivity contribution is -0.121. The highest BCUT2D eigenvalue weighted by atomic mass is 32.2. The van der Waals surface area contributed by atoms with E-state index in [1.807, 2.05) is 18.5 Å². The zero-order chi connectivity index (χ0) is 19.6. The molecular weight excluding hydrogens is 363 g/mol. The van der Waals surface area contributed by atoms with Gasteiger partial charge in [-0.2, -0.15) is 0 Å². The van der Waals surface area contributed by atoms with Crippen LogP contribution in [0.4, 0.5) is 4.39 Å². The van der Waals surface area contributed by atoms with Crippen molar-refractivity contribution in [1.82, 2.24) is 20.1 Å². The minimum Gasteiger partial charge on any atom is -0.352 e. The van der Waals surface area contributed by atoms with Crippen LogP contribution in [0.5, 0.6) is 0 Å². The normalized spacial score (nSPS) is 23.8. The van der Waals surface area contributed by atoms with Crippen LogP contribution in [0, 0.1) is 17.7 Å². The number of nitrogens with one attached hydrogen (secondary N) is 1. The van der Waals surface area contributed by atoms with E-state index < -0.39 is 0 Å². The molecule has 5 nitrogen and oxygen atoms in total. The second kappa shape index (κ2) is 8.42. The fourth-order valence-electron chi connectivity index (χ4n) is 3.57. The topological polar surface area (TPSA) is 59.8 Å². The average Bonchev–Trinajstić information content (AvgIpc) is 3.00. The van der Waals surface area contributed by atoms with Gasteiger partial charge in [0.1, 0.15) is 5.82 Å². The molecule has 0 spiro atoms. The first-order valence-corrected chi connectivity index (χ1v) is 10.4. The van der Waals surface area contributed by atoms with Crippen LogP contribution in [0.15, 0.2) is 29.4 Å². The maximum Gasteiger partial charge on any atom is 0.233 e. The van der Waals surface area contributed by atoms with E-state index >= 15 is 0 Å². The SMILES string of the molecule is C[C@@H]1[C@H](C)CCC[C@H]1NC(=O)[C@@H](C)Sc1nnc(-c2ccc(F)cc2)n1C. The van der Waals surface area contributed by atoms with Gasteiger partial charge in [-0.05, 0) is 49.4 Å². The Morgan fingerprint density at radius 3 is 2.67 bits per heavy atom. The van der Waals surface area contributed by atoms with Gasteiger partial charge < -0.3 is 9.88 Å². The summed E-state index contributed by atoms with van der Waals surface area (Å²) in [6.45, 7) is 6.38. The number of halogens is 1. The lowest BCUT2D eigenvalue weighted by Gasteiger charge is -2.35. The molecule has 0 saturated heterocycles. The number of nitrogens with zero attached hydrogens (tertiary/aromatic N) is 3. The number of carbonyl (C=O) groups excluding carboxylic acids is 1. The van der Waals surface area contributed by atoms with Gasteiger partial charge in [-0.15, -0.1) is 10.2 Å². The fraction of sp³-hybridized carbons (Fsp3) is 0.550. The number of carbonyl (C=O) groups is 1. The molecule has 1 aliphatic carbocycles. The number of amides is 1. The lowest BCUT2D eigenvalue weighted by Crippen LogP contribution is -2.46. The maximum atomic E-state index is 13.1. The Morgan fingerprint density at radius 2 is 1.96 bits per heavy atom. The van der Waals surface area contributed by atoms with Crippen LogP contribution < -0.4 is 5.32 Å². The Balaban J connectivity index is 1.64. The lowest BCUT2D eigenvalue weighted by atomic mass is 9.78. The number of benzene rings is 1. The standard InChI is InChI=1S/C20H27FN4OS/c1-12-6-5-7-17(13(12)2)22-19(26)14(3)27-20-24-23-18(25(20)4)15-8-10-16(21)11-9-15/h8-14,17H,5-7H2,1-4H3,(H,22,26)/t12-,13-,14-,17-/m1/s1. The molecule has 0 bridgehead atoms. The summed E-state index contributed by atoms with van der Waals surface area (Å²) in [4.78, 5) is 12.7. The van der Waals surface area contributed by atoms with Gasteiger partial charge in [0.05, 0.1) is 5.25 Å². The summed E-state index contributed by atoms with van der Waals surface area (Å²) in [7, 11) is 1.86. The molecule has 1 fully saturated rings. The zero-order valence-corrected chi connectivity index (χ0v) is 17.1. The van der Waals surface area contributed by atoms with Crippen molar-refractivity contribution in [3.05, 3.63) is 30.1 Å². The van der Waals surface area contributed by atoms with Crippen LogP contribution in [0.2, 0.25) is 0 Å². The summed E-state index contributed by atoms with van der Waals surface area (Å²) in [5.41, 5.74) is 0.792. The van der Waals surface area contributed by atoms with E-state index in [-0.39, 0.29) is 23.0 Å². The van der Waals surface area contributed by atoms with E-state index in [4.69, 9.17) is 0 Å². The van der Waals surface area contributed by atoms with E-state index in [0.717, 1.165) is 12.0 Å². The highest BCUT2D eigenvalue weighted by Gasteiger charge is 2.30. The summed E-state index contributed by atoms with van der Waals surface area (Å²) < 4.78 is 15.0. The molecule has 27 heavy (non-hydrogen) atoms. The van der Waals surface area contributed by atoms with Gasteiger partial charge in [-0.25, -0.2) is 4.39 Å². The first kappa shape index (κ1) is 19.9. The van der Waals surface area contributed by atoms with Gasteiger partial charge in [0.25, 0.3) is 0 Å². The smallest absolute Gasteiger partial charge is 0.233 e. The number of hydrogen-bond donors (Lipinski definition) is 1. The van der Waals surface area contributed by atoms with Crippen molar-refractivity contribution in [2.45, 2.75) is 56.5 Å². The van der Waals surface area contributed by atoms with Crippen molar-refractivity contribution >= 4 is 17.7 Å². The van der Waals surface area contributed by atoms with Crippen molar-refractivity contribution in [3.63, 3.8) is 0 Å². The molecule has 3 rings (SSSR count).